The predicted molar refractivity (Wildman–Crippen MR) is 108 cm³/mol. The number of fused-ring (bicyclic) bond motifs is 1. The van der Waals surface area contributed by atoms with E-state index in [0.29, 0.717) is 23.0 Å². The van der Waals surface area contributed by atoms with Crippen molar-refractivity contribution in [3.05, 3.63) is 69.1 Å². The summed E-state index contributed by atoms with van der Waals surface area (Å²) in [6, 6.07) is 14.5. The minimum atomic E-state index is -0.330. The highest BCUT2D eigenvalue weighted by Gasteiger charge is 2.16. The minimum absolute atomic E-state index is 0.157. The van der Waals surface area contributed by atoms with E-state index in [0.717, 1.165) is 23.7 Å². The number of amides is 1. The molecule has 0 aliphatic rings. The van der Waals surface area contributed by atoms with E-state index in [1.54, 1.807) is 24.3 Å². The van der Waals surface area contributed by atoms with E-state index in [4.69, 9.17) is 0 Å². The number of aromatic nitrogens is 2. The fourth-order valence-corrected chi connectivity index (χ4v) is 3.22. The maximum absolute atomic E-state index is 12.8. The monoisotopic (exact) mass is 413 g/mol. The zero-order valence-electron chi connectivity index (χ0n) is 14.5. The van der Waals surface area contributed by atoms with Gasteiger partial charge in [-0.2, -0.15) is 5.10 Å². The van der Waals surface area contributed by atoms with Gasteiger partial charge in [-0.3, -0.25) is 9.59 Å². The number of nitrogens with zero attached hydrogens (tertiary/aromatic N) is 2. The Morgan fingerprint density at radius 1 is 1.12 bits per heavy atom. The summed E-state index contributed by atoms with van der Waals surface area (Å²) in [7, 11) is 0. The van der Waals surface area contributed by atoms with Gasteiger partial charge in [0.15, 0.2) is 5.69 Å². The van der Waals surface area contributed by atoms with E-state index < -0.39 is 0 Å². The van der Waals surface area contributed by atoms with Crippen LogP contribution in [0.2, 0.25) is 0 Å². The largest absolute Gasteiger partial charge is 0.321 e. The molecule has 2 aromatic carbocycles. The first-order chi connectivity index (χ1) is 12.6. The smallest absolute Gasteiger partial charge is 0.276 e. The average Bonchev–Trinajstić information content (AvgIpc) is 2.64. The predicted octanol–water partition coefficient (Wildman–Crippen LogP) is 4.60. The number of hydrogen-bond acceptors (Lipinski definition) is 3. The molecule has 134 valence electrons. The summed E-state index contributed by atoms with van der Waals surface area (Å²) in [6.45, 7) is 2.61. The third kappa shape index (κ3) is 4.02. The molecule has 0 atom stereocenters. The molecule has 0 bridgehead atoms. The molecular weight excluding hydrogens is 394 g/mol. The van der Waals surface area contributed by atoms with Crippen molar-refractivity contribution in [2.45, 2.75) is 32.7 Å². The van der Waals surface area contributed by atoms with Gasteiger partial charge in [-0.05, 0) is 30.7 Å². The quantitative estimate of drug-likeness (QED) is 0.600. The Labute approximate surface area is 160 Å². The number of aryl methyl sites for hydroxylation is 1. The molecule has 5 nitrogen and oxygen atoms in total. The Balaban J connectivity index is 2.01. The summed E-state index contributed by atoms with van der Waals surface area (Å²) < 4.78 is 2.28. The number of benzene rings is 2. The standard InChI is InChI=1S/C20H20BrN3O2/c1-2-3-6-12-24-20(26)17-11-5-4-10-16(17)18(23-24)19(25)22-15-9-7-8-14(21)13-15/h4-5,7-11,13H,2-3,6,12H2,1H3,(H,22,25). The maximum atomic E-state index is 12.8. The molecular formula is C20H20BrN3O2. The average molecular weight is 414 g/mol. The van der Waals surface area contributed by atoms with Gasteiger partial charge >= 0.3 is 0 Å². The van der Waals surface area contributed by atoms with Gasteiger partial charge in [-0.25, -0.2) is 4.68 Å². The SMILES string of the molecule is CCCCCn1nc(C(=O)Nc2cccc(Br)c2)c2ccccc2c1=O. The van der Waals surface area contributed by atoms with Gasteiger partial charge in [-0.15, -0.1) is 0 Å². The van der Waals surface area contributed by atoms with Crippen LogP contribution in [-0.2, 0) is 6.54 Å². The van der Waals surface area contributed by atoms with Crippen molar-refractivity contribution in [1.82, 2.24) is 9.78 Å². The number of nitrogens with one attached hydrogen (secondary N) is 1. The molecule has 0 aliphatic carbocycles. The summed E-state index contributed by atoms with van der Waals surface area (Å²) >= 11 is 3.39. The molecule has 0 saturated heterocycles. The number of carbonyl (C=O) groups excluding carboxylic acids is 1. The minimum Gasteiger partial charge on any atom is -0.321 e. The van der Waals surface area contributed by atoms with Crippen molar-refractivity contribution < 1.29 is 4.79 Å². The van der Waals surface area contributed by atoms with Crippen molar-refractivity contribution in [2.75, 3.05) is 5.32 Å². The highest BCUT2D eigenvalue weighted by atomic mass is 79.9. The summed E-state index contributed by atoms with van der Waals surface area (Å²) in [5, 5.41) is 8.31. The second kappa shape index (κ2) is 8.27. The number of carbonyl (C=O) groups is 1. The van der Waals surface area contributed by atoms with Crippen LogP contribution in [0.1, 0.15) is 36.7 Å². The lowest BCUT2D eigenvalue weighted by Crippen LogP contribution is -2.27. The zero-order valence-corrected chi connectivity index (χ0v) is 16.1. The molecule has 0 spiro atoms. The topological polar surface area (TPSA) is 64.0 Å². The summed E-state index contributed by atoms with van der Waals surface area (Å²) in [6.07, 6.45) is 2.92. The van der Waals surface area contributed by atoms with Gasteiger partial charge in [0.1, 0.15) is 0 Å². The number of anilines is 1. The number of halogens is 1. The molecule has 1 amide bonds. The van der Waals surface area contributed by atoms with Gasteiger partial charge in [0.2, 0.25) is 0 Å². The first-order valence-electron chi connectivity index (χ1n) is 8.67. The van der Waals surface area contributed by atoms with Crippen LogP contribution in [0, 0.1) is 0 Å². The molecule has 1 aromatic heterocycles. The van der Waals surface area contributed by atoms with Crippen LogP contribution < -0.4 is 10.9 Å². The van der Waals surface area contributed by atoms with Gasteiger partial charge in [0.05, 0.1) is 5.39 Å². The van der Waals surface area contributed by atoms with Crippen molar-refractivity contribution in [1.29, 1.82) is 0 Å². The number of unbranched alkanes of at least 4 members (excludes halogenated alkanes) is 2. The second-order valence-corrected chi connectivity index (χ2v) is 7.01. The third-order valence-electron chi connectivity index (χ3n) is 4.14. The maximum Gasteiger partial charge on any atom is 0.276 e. The van der Waals surface area contributed by atoms with Crippen molar-refractivity contribution >= 4 is 38.3 Å². The van der Waals surface area contributed by atoms with Crippen LogP contribution >= 0.6 is 15.9 Å². The molecule has 0 unspecified atom stereocenters. The summed E-state index contributed by atoms with van der Waals surface area (Å²) in [5.74, 6) is -0.330. The number of rotatable bonds is 6. The molecule has 0 radical (unpaired) electrons. The fraction of sp³-hybridized carbons (Fsp3) is 0.250. The molecule has 0 aliphatic heterocycles. The van der Waals surface area contributed by atoms with Crippen molar-refractivity contribution in [2.24, 2.45) is 0 Å². The van der Waals surface area contributed by atoms with Crippen LogP contribution in [0.5, 0.6) is 0 Å². The van der Waals surface area contributed by atoms with Crippen LogP contribution in [0.3, 0.4) is 0 Å². The van der Waals surface area contributed by atoms with Crippen LogP contribution in [0.4, 0.5) is 5.69 Å². The first-order valence-corrected chi connectivity index (χ1v) is 9.46. The summed E-state index contributed by atoms with van der Waals surface area (Å²) in [5.41, 5.74) is 0.770. The highest BCUT2D eigenvalue weighted by Crippen LogP contribution is 2.18. The van der Waals surface area contributed by atoms with Gasteiger partial charge in [-0.1, -0.05) is 60.0 Å². The van der Waals surface area contributed by atoms with Crippen LogP contribution in [-0.4, -0.2) is 15.7 Å². The molecule has 26 heavy (non-hydrogen) atoms. The van der Waals surface area contributed by atoms with Crippen LogP contribution in [0.15, 0.2) is 57.8 Å². The second-order valence-electron chi connectivity index (χ2n) is 6.09. The van der Waals surface area contributed by atoms with E-state index in [9.17, 15) is 9.59 Å². The normalized spacial score (nSPS) is 10.8. The lowest BCUT2D eigenvalue weighted by Gasteiger charge is -2.11. The van der Waals surface area contributed by atoms with Gasteiger partial charge in [0.25, 0.3) is 11.5 Å². The molecule has 3 aromatic rings. The third-order valence-corrected chi connectivity index (χ3v) is 4.63. The molecule has 0 fully saturated rings. The first kappa shape index (κ1) is 18.3. The molecule has 3 rings (SSSR count). The Morgan fingerprint density at radius 3 is 2.62 bits per heavy atom. The Bertz CT molecular complexity index is 998. The van der Waals surface area contributed by atoms with Crippen molar-refractivity contribution in [3.8, 4) is 0 Å². The number of hydrogen-bond donors (Lipinski definition) is 1. The van der Waals surface area contributed by atoms with Gasteiger partial charge < -0.3 is 5.32 Å². The van der Waals surface area contributed by atoms with E-state index >= 15 is 0 Å². The molecule has 1 heterocycles. The van der Waals surface area contributed by atoms with E-state index in [1.165, 1.54) is 4.68 Å². The Hall–Kier alpha value is -2.47. The van der Waals surface area contributed by atoms with E-state index in [2.05, 4.69) is 33.3 Å². The van der Waals surface area contributed by atoms with Gasteiger partial charge in [0, 0.05) is 22.1 Å². The zero-order chi connectivity index (χ0) is 18.5. The van der Waals surface area contributed by atoms with Crippen molar-refractivity contribution in [3.63, 3.8) is 0 Å². The van der Waals surface area contributed by atoms with Crippen LogP contribution in [0.25, 0.3) is 10.8 Å². The van der Waals surface area contributed by atoms with E-state index in [1.807, 2.05) is 24.3 Å². The lowest BCUT2D eigenvalue weighted by atomic mass is 10.1. The summed E-state index contributed by atoms with van der Waals surface area (Å²) in [4.78, 5) is 25.5. The highest BCUT2D eigenvalue weighted by molar-refractivity contribution is 9.10. The fourth-order valence-electron chi connectivity index (χ4n) is 2.82. The lowest BCUT2D eigenvalue weighted by molar-refractivity contribution is 0.102. The Morgan fingerprint density at radius 2 is 1.88 bits per heavy atom. The Kier molecular flexibility index (Phi) is 5.83. The van der Waals surface area contributed by atoms with E-state index in [-0.39, 0.29) is 17.2 Å². The molecule has 1 N–H and O–H groups in total. The molecule has 6 heteroatoms. The molecule has 0 saturated carbocycles.